The van der Waals surface area contributed by atoms with Crippen LogP contribution in [0.1, 0.15) is 26.3 Å². The SMILES string of the molecule is Cc1ccc([Se]C2=C(N3CCOCC3)C(=O)c3ccccc3C2=O)cc1. The van der Waals surface area contributed by atoms with Crippen LogP contribution in [0.5, 0.6) is 0 Å². The molecule has 0 aromatic heterocycles. The van der Waals surface area contributed by atoms with E-state index in [0.29, 0.717) is 47.6 Å². The molecular weight excluding hydrogens is 393 g/mol. The first-order chi connectivity index (χ1) is 12.6. The molecule has 1 aliphatic heterocycles. The third-order valence-electron chi connectivity index (χ3n) is 4.62. The molecule has 132 valence electrons. The Morgan fingerprint density at radius 3 is 2.15 bits per heavy atom. The van der Waals surface area contributed by atoms with Crippen LogP contribution in [0.2, 0.25) is 0 Å². The second-order valence-electron chi connectivity index (χ2n) is 6.40. The number of rotatable bonds is 3. The standard InChI is InChI=1S/C21H19NO3Se/c1-14-6-8-15(9-7-14)26-21-18(22-10-12-25-13-11-22)19(23)16-4-2-3-5-17(16)20(21)24/h2-9H,10-13H2,1H3. The zero-order chi connectivity index (χ0) is 18.1. The molecule has 0 spiro atoms. The van der Waals surface area contributed by atoms with Crippen molar-refractivity contribution in [1.82, 2.24) is 4.90 Å². The summed E-state index contributed by atoms with van der Waals surface area (Å²) in [6.45, 7) is 4.49. The molecular formula is C21H19NO3Se. The number of hydrogen-bond acceptors (Lipinski definition) is 4. The Morgan fingerprint density at radius 1 is 0.885 bits per heavy atom. The first kappa shape index (κ1) is 17.2. The number of carbonyl (C=O) groups is 2. The molecule has 2 aromatic carbocycles. The molecule has 1 aliphatic carbocycles. The summed E-state index contributed by atoms with van der Waals surface area (Å²) in [5.74, 6) is -0.0478. The van der Waals surface area contributed by atoms with Crippen molar-refractivity contribution in [3.05, 3.63) is 75.4 Å². The van der Waals surface area contributed by atoms with Gasteiger partial charge in [-0.1, -0.05) is 0 Å². The summed E-state index contributed by atoms with van der Waals surface area (Å²) in [4.78, 5) is 28.5. The molecule has 26 heavy (non-hydrogen) atoms. The molecule has 2 aliphatic rings. The second-order valence-corrected chi connectivity index (χ2v) is 8.67. The molecule has 0 radical (unpaired) electrons. The summed E-state index contributed by atoms with van der Waals surface area (Å²) < 4.78 is 7.19. The van der Waals surface area contributed by atoms with Gasteiger partial charge in [-0.3, -0.25) is 0 Å². The Hall–Kier alpha value is -2.20. The van der Waals surface area contributed by atoms with Crippen molar-refractivity contribution in [3.8, 4) is 0 Å². The predicted molar refractivity (Wildman–Crippen MR) is 101 cm³/mol. The van der Waals surface area contributed by atoms with Gasteiger partial charge in [0.05, 0.1) is 0 Å². The first-order valence-corrected chi connectivity index (χ1v) is 10.4. The quantitative estimate of drug-likeness (QED) is 0.724. The number of Topliss-reactive ketones (excluding diaryl/α,β-unsaturated/α-hetero) is 2. The maximum absolute atomic E-state index is 13.2. The van der Waals surface area contributed by atoms with Gasteiger partial charge in [0.1, 0.15) is 0 Å². The van der Waals surface area contributed by atoms with E-state index in [9.17, 15) is 9.59 Å². The molecule has 0 N–H and O–H groups in total. The van der Waals surface area contributed by atoms with Crippen LogP contribution in [0.3, 0.4) is 0 Å². The summed E-state index contributed by atoms with van der Waals surface area (Å²) in [6, 6.07) is 15.4. The summed E-state index contributed by atoms with van der Waals surface area (Å²) in [5, 5.41) is 0. The molecule has 0 saturated carbocycles. The number of benzene rings is 2. The maximum atomic E-state index is 13.2. The normalized spacial score (nSPS) is 17.5. The van der Waals surface area contributed by atoms with Crippen LogP contribution in [-0.4, -0.2) is 57.7 Å². The van der Waals surface area contributed by atoms with Crippen molar-refractivity contribution in [3.63, 3.8) is 0 Å². The molecule has 4 rings (SSSR count). The van der Waals surface area contributed by atoms with E-state index in [4.69, 9.17) is 4.74 Å². The Balaban J connectivity index is 1.81. The van der Waals surface area contributed by atoms with Gasteiger partial charge in [-0.15, -0.1) is 0 Å². The van der Waals surface area contributed by atoms with Gasteiger partial charge in [-0.2, -0.15) is 0 Å². The van der Waals surface area contributed by atoms with E-state index < -0.39 is 0 Å². The van der Waals surface area contributed by atoms with E-state index in [0.717, 1.165) is 4.46 Å². The molecule has 2 aromatic rings. The Morgan fingerprint density at radius 2 is 1.50 bits per heavy atom. The number of allylic oxidation sites excluding steroid dienone is 2. The number of morpholine rings is 1. The zero-order valence-corrected chi connectivity index (χ0v) is 16.2. The number of carbonyl (C=O) groups excluding carboxylic acids is 2. The van der Waals surface area contributed by atoms with Crippen molar-refractivity contribution < 1.29 is 14.3 Å². The Labute approximate surface area is 159 Å². The fourth-order valence-corrected chi connectivity index (χ4v) is 5.39. The zero-order valence-electron chi connectivity index (χ0n) is 14.5. The first-order valence-electron chi connectivity index (χ1n) is 8.65. The van der Waals surface area contributed by atoms with Crippen molar-refractivity contribution in [1.29, 1.82) is 0 Å². The second kappa shape index (κ2) is 7.20. The monoisotopic (exact) mass is 413 g/mol. The van der Waals surface area contributed by atoms with Gasteiger partial charge >= 0.3 is 159 Å². The van der Waals surface area contributed by atoms with Gasteiger partial charge in [-0.25, -0.2) is 0 Å². The van der Waals surface area contributed by atoms with E-state index >= 15 is 0 Å². The van der Waals surface area contributed by atoms with E-state index in [1.54, 1.807) is 12.1 Å². The minimum absolute atomic E-state index is 0.0118. The number of fused-ring (bicyclic) bond motifs is 1. The fraction of sp³-hybridized carbons (Fsp3) is 0.238. The number of ketones is 2. The Kier molecular flexibility index (Phi) is 4.77. The van der Waals surface area contributed by atoms with Gasteiger partial charge in [-0.05, 0) is 0 Å². The average molecular weight is 412 g/mol. The van der Waals surface area contributed by atoms with Crippen LogP contribution in [-0.2, 0) is 4.74 Å². The molecule has 1 fully saturated rings. The van der Waals surface area contributed by atoms with E-state index in [-0.39, 0.29) is 26.5 Å². The molecule has 5 heteroatoms. The van der Waals surface area contributed by atoms with E-state index in [1.165, 1.54) is 5.56 Å². The van der Waals surface area contributed by atoms with Crippen molar-refractivity contribution in [2.24, 2.45) is 0 Å². The predicted octanol–water partition coefficient (Wildman–Crippen LogP) is 1.95. The molecule has 0 bridgehead atoms. The van der Waals surface area contributed by atoms with Crippen LogP contribution in [0.25, 0.3) is 0 Å². The van der Waals surface area contributed by atoms with Crippen molar-refractivity contribution in [2.45, 2.75) is 6.92 Å². The summed E-state index contributed by atoms with van der Waals surface area (Å²) in [5.41, 5.74) is 2.81. The van der Waals surface area contributed by atoms with Crippen LogP contribution in [0.4, 0.5) is 0 Å². The number of aryl methyl sites for hydroxylation is 1. The molecule has 0 unspecified atom stereocenters. The van der Waals surface area contributed by atoms with E-state index in [1.807, 2.05) is 24.0 Å². The van der Waals surface area contributed by atoms with E-state index in [2.05, 4.69) is 24.3 Å². The molecule has 1 saturated heterocycles. The van der Waals surface area contributed by atoms with Crippen LogP contribution < -0.4 is 4.46 Å². The van der Waals surface area contributed by atoms with Gasteiger partial charge in [0, 0.05) is 0 Å². The molecule has 0 amide bonds. The van der Waals surface area contributed by atoms with Crippen molar-refractivity contribution in [2.75, 3.05) is 26.3 Å². The third kappa shape index (κ3) is 3.14. The topological polar surface area (TPSA) is 46.6 Å². The van der Waals surface area contributed by atoms with Gasteiger partial charge in [0.2, 0.25) is 0 Å². The number of nitrogens with zero attached hydrogens (tertiary/aromatic N) is 1. The van der Waals surface area contributed by atoms with Crippen LogP contribution >= 0.6 is 0 Å². The molecule has 1 heterocycles. The third-order valence-corrected chi connectivity index (χ3v) is 6.91. The number of ether oxygens (including phenoxy) is 1. The molecule has 4 nitrogen and oxygen atoms in total. The van der Waals surface area contributed by atoms with Crippen LogP contribution in [0.15, 0.2) is 58.7 Å². The van der Waals surface area contributed by atoms with Crippen molar-refractivity contribution >= 4 is 31.0 Å². The number of hydrogen-bond donors (Lipinski definition) is 0. The van der Waals surface area contributed by atoms with Gasteiger partial charge < -0.3 is 0 Å². The Bertz CT molecular complexity index is 896. The fourth-order valence-electron chi connectivity index (χ4n) is 3.23. The van der Waals surface area contributed by atoms with Crippen LogP contribution in [0, 0.1) is 6.92 Å². The van der Waals surface area contributed by atoms with Gasteiger partial charge in [0.25, 0.3) is 0 Å². The summed E-state index contributed by atoms with van der Waals surface area (Å²) in [7, 11) is 0. The summed E-state index contributed by atoms with van der Waals surface area (Å²) >= 11 is -0.221. The summed E-state index contributed by atoms with van der Waals surface area (Å²) in [6.07, 6.45) is 0. The molecule has 0 atom stereocenters. The average Bonchev–Trinajstić information content (AvgIpc) is 2.68. The van der Waals surface area contributed by atoms with Gasteiger partial charge in [0.15, 0.2) is 0 Å². The minimum atomic E-state index is -0.221.